The molecule has 0 spiro atoms. The second-order valence-corrected chi connectivity index (χ2v) is 7.65. The maximum absolute atomic E-state index is 11.7. The molecule has 0 radical (unpaired) electrons. The van der Waals surface area contributed by atoms with E-state index < -0.39 is 9.84 Å². The first-order chi connectivity index (χ1) is 9.93. The molecule has 1 aliphatic rings. The molecule has 1 aromatic rings. The standard InChI is InChI=1S/C14H21N3O3S/c1-11-10-21(19,20)8-7-17(11)13(9-14(15)16-18)12-5-3-2-4-6-12/h2-6,11,13,18H,7-10H2,1H3,(H2,15,16). The molecule has 0 saturated carbocycles. The highest BCUT2D eigenvalue weighted by molar-refractivity contribution is 7.91. The molecule has 21 heavy (non-hydrogen) atoms. The van der Waals surface area contributed by atoms with Crippen LogP contribution in [0.3, 0.4) is 0 Å². The molecular weight excluding hydrogens is 290 g/mol. The smallest absolute Gasteiger partial charge is 0.153 e. The van der Waals surface area contributed by atoms with E-state index in [4.69, 9.17) is 10.9 Å². The summed E-state index contributed by atoms with van der Waals surface area (Å²) in [7, 11) is -2.97. The zero-order valence-corrected chi connectivity index (χ0v) is 12.8. The lowest BCUT2D eigenvalue weighted by Gasteiger charge is -2.39. The number of nitrogens with zero attached hydrogens (tertiary/aromatic N) is 2. The summed E-state index contributed by atoms with van der Waals surface area (Å²) in [5, 5.41) is 11.9. The minimum atomic E-state index is -2.97. The van der Waals surface area contributed by atoms with Crippen molar-refractivity contribution in [1.29, 1.82) is 0 Å². The predicted octanol–water partition coefficient (Wildman–Crippen LogP) is 0.983. The number of hydrogen-bond donors (Lipinski definition) is 2. The van der Waals surface area contributed by atoms with Crippen LogP contribution in [0.15, 0.2) is 35.5 Å². The van der Waals surface area contributed by atoms with E-state index in [-0.39, 0.29) is 29.4 Å². The molecule has 1 aromatic carbocycles. The largest absolute Gasteiger partial charge is 0.409 e. The van der Waals surface area contributed by atoms with Crippen LogP contribution in [0.2, 0.25) is 0 Å². The summed E-state index contributed by atoms with van der Waals surface area (Å²) in [4.78, 5) is 2.12. The van der Waals surface area contributed by atoms with Crippen molar-refractivity contribution in [3.63, 3.8) is 0 Å². The third-order valence-corrected chi connectivity index (χ3v) is 5.63. The highest BCUT2D eigenvalue weighted by Crippen LogP contribution is 2.28. The van der Waals surface area contributed by atoms with Crippen LogP contribution in [0, 0.1) is 0 Å². The summed E-state index contributed by atoms with van der Waals surface area (Å²) in [5.74, 6) is 0.438. The monoisotopic (exact) mass is 311 g/mol. The van der Waals surface area contributed by atoms with Gasteiger partial charge < -0.3 is 10.9 Å². The van der Waals surface area contributed by atoms with Crippen molar-refractivity contribution in [2.24, 2.45) is 10.9 Å². The third kappa shape index (κ3) is 3.95. The van der Waals surface area contributed by atoms with Gasteiger partial charge in [-0.3, -0.25) is 4.90 Å². The number of rotatable bonds is 4. The number of amidine groups is 1. The number of nitrogens with two attached hydrogens (primary N) is 1. The van der Waals surface area contributed by atoms with Gasteiger partial charge in [-0.2, -0.15) is 0 Å². The Balaban J connectivity index is 2.28. The summed E-state index contributed by atoms with van der Waals surface area (Å²) in [6.45, 7) is 2.36. The van der Waals surface area contributed by atoms with Crippen LogP contribution >= 0.6 is 0 Å². The fourth-order valence-corrected chi connectivity index (χ4v) is 4.40. The van der Waals surface area contributed by atoms with Crippen LogP contribution in [0.4, 0.5) is 0 Å². The average Bonchev–Trinajstić information content (AvgIpc) is 2.45. The normalized spacial score (nSPS) is 24.6. The molecule has 1 saturated heterocycles. The Labute approximate surface area is 125 Å². The summed E-state index contributed by atoms with van der Waals surface area (Å²) in [5.41, 5.74) is 6.71. The summed E-state index contributed by atoms with van der Waals surface area (Å²) >= 11 is 0. The van der Waals surface area contributed by atoms with Gasteiger partial charge in [0.1, 0.15) is 5.84 Å². The van der Waals surface area contributed by atoms with E-state index in [9.17, 15) is 8.42 Å². The first-order valence-electron chi connectivity index (χ1n) is 6.90. The Morgan fingerprint density at radius 2 is 2.14 bits per heavy atom. The van der Waals surface area contributed by atoms with Crippen molar-refractivity contribution in [2.45, 2.75) is 25.4 Å². The van der Waals surface area contributed by atoms with Crippen molar-refractivity contribution >= 4 is 15.7 Å². The molecule has 7 heteroatoms. The van der Waals surface area contributed by atoms with Crippen molar-refractivity contribution in [3.05, 3.63) is 35.9 Å². The number of oxime groups is 1. The van der Waals surface area contributed by atoms with Gasteiger partial charge in [-0.1, -0.05) is 35.5 Å². The molecule has 0 aromatic heterocycles. The number of benzene rings is 1. The van der Waals surface area contributed by atoms with Crippen molar-refractivity contribution < 1.29 is 13.6 Å². The molecule has 6 nitrogen and oxygen atoms in total. The summed E-state index contributed by atoms with van der Waals surface area (Å²) in [6, 6.07) is 9.55. The van der Waals surface area contributed by atoms with E-state index in [1.54, 1.807) is 0 Å². The predicted molar refractivity (Wildman–Crippen MR) is 82.0 cm³/mol. The van der Waals surface area contributed by atoms with Gasteiger partial charge in [0.2, 0.25) is 0 Å². The molecule has 1 aliphatic heterocycles. The Kier molecular flexibility index (Phi) is 4.84. The quantitative estimate of drug-likeness (QED) is 0.374. The van der Waals surface area contributed by atoms with Crippen molar-refractivity contribution in [3.8, 4) is 0 Å². The fraction of sp³-hybridized carbons (Fsp3) is 0.500. The molecule has 3 N–H and O–H groups in total. The molecule has 2 rings (SSSR count). The molecule has 116 valence electrons. The zero-order chi connectivity index (χ0) is 15.5. The molecule has 0 aliphatic carbocycles. The van der Waals surface area contributed by atoms with Crippen LogP contribution in [0.1, 0.15) is 24.9 Å². The maximum atomic E-state index is 11.7. The molecule has 0 amide bonds. The van der Waals surface area contributed by atoms with Gasteiger partial charge in [0, 0.05) is 25.0 Å². The van der Waals surface area contributed by atoms with Gasteiger partial charge in [0.15, 0.2) is 9.84 Å². The van der Waals surface area contributed by atoms with E-state index in [0.29, 0.717) is 13.0 Å². The highest BCUT2D eigenvalue weighted by atomic mass is 32.2. The molecule has 0 bridgehead atoms. The average molecular weight is 311 g/mol. The third-order valence-electron chi connectivity index (χ3n) is 3.84. The molecule has 2 atom stereocenters. The SMILES string of the molecule is CC1CS(=O)(=O)CCN1C(C/C(N)=N/O)c1ccccc1. The Morgan fingerprint density at radius 1 is 1.48 bits per heavy atom. The van der Waals surface area contributed by atoms with E-state index in [1.165, 1.54) is 0 Å². The van der Waals surface area contributed by atoms with Gasteiger partial charge in [-0.15, -0.1) is 0 Å². The Bertz CT molecular complexity index is 601. The molecule has 1 fully saturated rings. The van der Waals surface area contributed by atoms with Crippen LogP contribution in [-0.4, -0.2) is 48.5 Å². The number of sulfone groups is 1. The van der Waals surface area contributed by atoms with E-state index >= 15 is 0 Å². The lowest BCUT2D eigenvalue weighted by Crippen LogP contribution is -2.49. The zero-order valence-electron chi connectivity index (χ0n) is 12.0. The van der Waals surface area contributed by atoms with E-state index in [1.807, 2.05) is 37.3 Å². The highest BCUT2D eigenvalue weighted by Gasteiger charge is 2.33. The van der Waals surface area contributed by atoms with Crippen molar-refractivity contribution in [2.75, 3.05) is 18.1 Å². The second kappa shape index (κ2) is 6.44. The van der Waals surface area contributed by atoms with Crippen LogP contribution in [0.5, 0.6) is 0 Å². The summed E-state index contributed by atoms with van der Waals surface area (Å²) in [6.07, 6.45) is 0.366. The maximum Gasteiger partial charge on any atom is 0.153 e. The summed E-state index contributed by atoms with van der Waals surface area (Å²) < 4.78 is 23.5. The van der Waals surface area contributed by atoms with E-state index in [0.717, 1.165) is 5.56 Å². The molecular formula is C14H21N3O3S. The Hall–Kier alpha value is -1.60. The topological polar surface area (TPSA) is 96.0 Å². The number of hydrogen-bond acceptors (Lipinski definition) is 5. The van der Waals surface area contributed by atoms with Crippen LogP contribution < -0.4 is 5.73 Å². The minimum Gasteiger partial charge on any atom is -0.409 e. The van der Waals surface area contributed by atoms with Crippen LogP contribution in [0.25, 0.3) is 0 Å². The first kappa shape index (κ1) is 15.8. The van der Waals surface area contributed by atoms with Gasteiger partial charge in [0.25, 0.3) is 0 Å². The first-order valence-corrected chi connectivity index (χ1v) is 8.72. The second-order valence-electron chi connectivity index (χ2n) is 5.42. The van der Waals surface area contributed by atoms with Gasteiger partial charge in [-0.05, 0) is 12.5 Å². The van der Waals surface area contributed by atoms with Crippen LogP contribution in [-0.2, 0) is 9.84 Å². The van der Waals surface area contributed by atoms with Crippen molar-refractivity contribution in [1.82, 2.24) is 4.90 Å². The van der Waals surface area contributed by atoms with Gasteiger partial charge in [0.05, 0.1) is 11.5 Å². The van der Waals surface area contributed by atoms with Gasteiger partial charge >= 0.3 is 0 Å². The van der Waals surface area contributed by atoms with Gasteiger partial charge in [-0.25, -0.2) is 8.42 Å². The fourth-order valence-electron chi connectivity index (χ4n) is 2.82. The lowest BCUT2D eigenvalue weighted by atomic mass is 10.00. The Morgan fingerprint density at radius 3 is 2.71 bits per heavy atom. The molecule has 2 unspecified atom stereocenters. The molecule has 1 heterocycles. The van der Waals surface area contributed by atoms with E-state index in [2.05, 4.69) is 10.1 Å². The minimum absolute atomic E-state index is 0.0902. The lowest BCUT2D eigenvalue weighted by molar-refractivity contribution is 0.160.